The molecule has 0 amide bonds. The van der Waals surface area contributed by atoms with Crippen LogP contribution in [0.4, 0.5) is 0 Å². The molecule has 3 rings (SSSR count). The number of nitrogens with one attached hydrogen (secondary N) is 1. The predicted molar refractivity (Wildman–Crippen MR) is 72.2 cm³/mol. The highest BCUT2D eigenvalue weighted by Gasteiger charge is 2.33. The van der Waals surface area contributed by atoms with Crippen molar-refractivity contribution in [2.24, 2.45) is 0 Å². The summed E-state index contributed by atoms with van der Waals surface area (Å²) in [5.41, 5.74) is -0.0120. The number of ketones is 1. The number of benzene rings is 1. The largest absolute Gasteiger partial charge is 0.507 e. The molecule has 1 aliphatic carbocycles. The molecule has 0 radical (unpaired) electrons. The average Bonchev–Trinajstić information content (AvgIpc) is 2.63. The molecule has 0 saturated heterocycles. The number of para-hydroxylation sites is 2. The van der Waals surface area contributed by atoms with Gasteiger partial charge in [0.25, 0.3) is 5.56 Å². The first kappa shape index (κ1) is 12.2. The van der Waals surface area contributed by atoms with Crippen molar-refractivity contribution in [1.29, 1.82) is 0 Å². The van der Waals surface area contributed by atoms with Crippen molar-refractivity contribution in [2.75, 3.05) is 0 Å². The summed E-state index contributed by atoms with van der Waals surface area (Å²) >= 11 is 0. The molecule has 0 bridgehead atoms. The molecule has 6 heteroatoms. The fraction of sp³-hybridized carbons (Fsp3) is 0.0714. The zero-order valence-corrected chi connectivity index (χ0v) is 10.5. The van der Waals surface area contributed by atoms with Gasteiger partial charge in [-0.05, 0) is 19.1 Å². The van der Waals surface area contributed by atoms with E-state index in [1.807, 2.05) is 0 Å². The maximum Gasteiger partial charge on any atom is 0.275 e. The minimum atomic E-state index is -0.798. The highest BCUT2D eigenvalue weighted by atomic mass is 16.3. The first-order chi connectivity index (χ1) is 9.50. The van der Waals surface area contributed by atoms with Crippen molar-refractivity contribution in [3.63, 3.8) is 0 Å². The normalized spacial score (nSPS) is 15.6. The van der Waals surface area contributed by atoms with Gasteiger partial charge >= 0.3 is 0 Å². The van der Waals surface area contributed by atoms with Crippen LogP contribution in [0.5, 0.6) is 0 Å². The van der Waals surface area contributed by atoms with Crippen LogP contribution in [0, 0.1) is 0 Å². The van der Waals surface area contributed by atoms with E-state index in [0.29, 0.717) is 11.0 Å². The summed E-state index contributed by atoms with van der Waals surface area (Å²) in [7, 11) is 0. The van der Waals surface area contributed by atoms with Crippen molar-refractivity contribution in [1.82, 2.24) is 9.97 Å². The minimum absolute atomic E-state index is 0.0411. The Morgan fingerprint density at radius 2 is 1.80 bits per heavy atom. The van der Waals surface area contributed by atoms with Crippen molar-refractivity contribution in [2.45, 2.75) is 6.92 Å². The van der Waals surface area contributed by atoms with E-state index in [1.54, 1.807) is 24.3 Å². The molecule has 20 heavy (non-hydrogen) atoms. The molecule has 100 valence electrons. The van der Waals surface area contributed by atoms with Gasteiger partial charge in [0.2, 0.25) is 5.78 Å². The Kier molecular flexibility index (Phi) is 2.47. The number of aromatic amines is 1. The quantitative estimate of drug-likeness (QED) is 0.730. The summed E-state index contributed by atoms with van der Waals surface area (Å²) in [5, 5.41) is 19.5. The van der Waals surface area contributed by atoms with Crippen LogP contribution in [-0.4, -0.2) is 26.0 Å². The van der Waals surface area contributed by atoms with Crippen LogP contribution in [0.3, 0.4) is 0 Å². The van der Waals surface area contributed by atoms with Crippen molar-refractivity contribution < 1.29 is 15.0 Å². The Labute approximate surface area is 112 Å². The van der Waals surface area contributed by atoms with Crippen molar-refractivity contribution in [3.8, 4) is 0 Å². The first-order valence-electron chi connectivity index (χ1n) is 5.88. The molecule has 2 aromatic rings. The number of nitrogens with zero attached hydrogens (tertiary/aromatic N) is 1. The third-order valence-electron chi connectivity index (χ3n) is 3.23. The predicted octanol–water partition coefficient (Wildman–Crippen LogP) is 1.61. The number of fused-ring (bicyclic) bond motifs is 1. The molecule has 1 aromatic carbocycles. The maximum absolute atomic E-state index is 12.0. The van der Waals surface area contributed by atoms with Gasteiger partial charge in [-0.25, -0.2) is 4.98 Å². The number of Topliss-reactive ketones (excluding diaryl/α,β-unsaturated/α-hetero) is 1. The Balaban J connectivity index is 2.30. The van der Waals surface area contributed by atoms with E-state index < -0.39 is 22.9 Å². The van der Waals surface area contributed by atoms with Crippen molar-refractivity contribution in [3.05, 3.63) is 57.4 Å². The van der Waals surface area contributed by atoms with Gasteiger partial charge in [0.05, 0.1) is 16.6 Å². The topological polar surface area (TPSA) is 103 Å². The minimum Gasteiger partial charge on any atom is -0.507 e. The Morgan fingerprint density at radius 3 is 2.45 bits per heavy atom. The first-order valence-corrected chi connectivity index (χ1v) is 5.88. The number of rotatable bonds is 1. The zero-order valence-electron chi connectivity index (χ0n) is 10.5. The molecule has 1 heterocycles. The lowest BCUT2D eigenvalue weighted by molar-refractivity contribution is -0.112. The number of hydrogen-bond donors (Lipinski definition) is 3. The Hall–Kier alpha value is -2.89. The van der Waals surface area contributed by atoms with Crippen LogP contribution in [0.15, 0.2) is 46.2 Å². The summed E-state index contributed by atoms with van der Waals surface area (Å²) in [6.07, 6.45) is 0. The highest BCUT2D eigenvalue weighted by Crippen LogP contribution is 2.30. The van der Waals surface area contributed by atoms with E-state index in [0.717, 1.165) is 0 Å². The average molecular weight is 270 g/mol. The van der Waals surface area contributed by atoms with E-state index in [-0.39, 0.29) is 16.8 Å². The van der Waals surface area contributed by atoms with E-state index in [4.69, 9.17) is 0 Å². The molecule has 1 aromatic heterocycles. The van der Waals surface area contributed by atoms with Crippen LogP contribution in [0.2, 0.25) is 0 Å². The summed E-state index contributed by atoms with van der Waals surface area (Å²) in [6.45, 7) is 1.39. The second-order valence-electron chi connectivity index (χ2n) is 4.46. The summed E-state index contributed by atoms with van der Waals surface area (Å²) < 4.78 is 0. The van der Waals surface area contributed by atoms with Gasteiger partial charge in [0.1, 0.15) is 11.5 Å². The molecule has 0 aliphatic heterocycles. The summed E-state index contributed by atoms with van der Waals surface area (Å²) in [6, 6.07) is 6.84. The number of carbonyl (C=O) groups is 1. The van der Waals surface area contributed by atoms with Gasteiger partial charge in [-0.3, -0.25) is 9.59 Å². The van der Waals surface area contributed by atoms with Crippen LogP contribution < -0.4 is 5.56 Å². The van der Waals surface area contributed by atoms with Gasteiger partial charge in [-0.2, -0.15) is 0 Å². The lowest BCUT2D eigenvalue weighted by Crippen LogP contribution is -2.18. The molecule has 0 unspecified atom stereocenters. The van der Waals surface area contributed by atoms with Gasteiger partial charge in [0, 0.05) is 5.57 Å². The van der Waals surface area contributed by atoms with Crippen LogP contribution in [0.1, 0.15) is 12.6 Å². The van der Waals surface area contributed by atoms with Crippen LogP contribution in [0.25, 0.3) is 16.6 Å². The second kappa shape index (κ2) is 4.06. The Morgan fingerprint density at radius 1 is 1.10 bits per heavy atom. The van der Waals surface area contributed by atoms with E-state index >= 15 is 0 Å². The number of hydrogen-bond acceptors (Lipinski definition) is 5. The highest BCUT2D eigenvalue weighted by molar-refractivity contribution is 6.31. The van der Waals surface area contributed by atoms with Gasteiger partial charge < -0.3 is 15.2 Å². The van der Waals surface area contributed by atoms with Crippen LogP contribution in [-0.2, 0) is 4.79 Å². The number of allylic oxidation sites excluding steroid dienone is 2. The molecular formula is C14H10N2O4. The van der Waals surface area contributed by atoms with E-state index in [1.165, 1.54) is 6.92 Å². The molecule has 0 fully saturated rings. The van der Waals surface area contributed by atoms with E-state index in [9.17, 15) is 19.8 Å². The number of aliphatic hydroxyl groups is 2. The lowest BCUT2D eigenvalue weighted by Gasteiger charge is -2.03. The molecule has 6 nitrogen and oxygen atoms in total. The molecule has 1 aliphatic rings. The molecule has 0 spiro atoms. The maximum atomic E-state index is 12.0. The monoisotopic (exact) mass is 270 g/mol. The molecular weight excluding hydrogens is 260 g/mol. The Bertz CT molecular complexity index is 874. The third kappa shape index (κ3) is 1.55. The number of aliphatic hydroxyl groups excluding tert-OH is 2. The zero-order chi connectivity index (χ0) is 14.4. The summed E-state index contributed by atoms with van der Waals surface area (Å²) in [5.74, 6) is -1.78. The van der Waals surface area contributed by atoms with Crippen molar-refractivity contribution >= 4 is 22.4 Å². The summed E-state index contributed by atoms with van der Waals surface area (Å²) in [4.78, 5) is 30.6. The number of H-pyrrole nitrogens is 1. The fourth-order valence-electron chi connectivity index (χ4n) is 2.11. The fourth-order valence-corrected chi connectivity index (χ4v) is 2.11. The van der Waals surface area contributed by atoms with Gasteiger partial charge in [-0.1, -0.05) is 12.1 Å². The lowest BCUT2D eigenvalue weighted by atomic mass is 10.1. The van der Waals surface area contributed by atoms with Crippen LogP contribution >= 0.6 is 0 Å². The smallest absolute Gasteiger partial charge is 0.275 e. The molecule has 0 atom stereocenters. The third-order valence-corrected chi connectivity index (χ3v) is 3.23. The van der Waals surface area contributed by atoms with E-state index in [2.05, 4.69) is 9.97 Å². The van der Waals surface area contributed by atoms with Gasteiger partial charge in [-0.15, -0.1) is 0 Å². The standard InChI is InChI=1S/C14H10N2O4/c1-6-11(17)9(13(19)12(6)18)10-14(20)16-8-5-3-2-4-7(8)15-10/h2-5,17H,1H3,(H,16,20)(H,18,19). The number of aromatic nitrogens is 2. The SMILES string of the molecule is CC1=C(O)C(=O)C(c2nc3ccccc3[nH]c2=O)=C1O. The number of carbonyl (C=O) groups excluding carboxylic acids is 1. The molecule has 3 N–H and O–H groups in total. The van der Waals surface area contributed by atoms with Gasteiger partial charge in [0.15, 0.2) is 5.76 Å². The second-order valence-corrected chi connectivity index (χ2v) is 4.46. The molecule has 0 saturated carbocycles.